The number of hydrogen-bond acceptors (Lipinski definition) is 1. The highest BCUT2D eigenvalue weighted by Gasteiger charge is 2.38. The summed E-state index contributed by atoms with van der Waals surface area (Å²) in [5, 5.41) is 0. The molecule has 65 valence electrons. The van der Waals surface area contributed by atoms with E-state index in [-0.39, 0.29) is 0 Å². The Morgan fingerprint density at radius 2 is 2.17 bits per heavy atom. The van der Waals surface area contributed by atoms with E-state index in [1.54, 1.807) is 11.8 Å². The zero-order chi connectivity index (χ0) is 8.55. The van der Waals surface area contributed by atoms with Gasteiger partial charge in [-0.2, -0.15) is 0 Å². The maximum Gasteiger partial charge on any atom is 0.0160 e. The molecule has 0 N–H and O–H groups in total. The normalized spacial score (nSPS) is 32.8. The first-order chi connectivity index (χ1) is 5.79. The van der Waals surface area contributed by atoms with E-state index in [2.05, 4.69) is 38.3 Å². The Bertz CT molecular complexity index is 153. The van der Waals surface area contributed by atoms with Gasteiger partial charge in [0.1, 0.15) is 0 Å². The average molecular weight is 162 g/mol. The lowest BCUT2D eigenvalue weighted by molar-refractivity contribution is 0.272. The molecule has 1 nitrogen and oxygen atoms in total. The van der Waals surface area contributed by atoms with Crippen molar-refractivity contribution in [2.75, 3.05) is 14.1 Å². The predicted molar refractivity (Wildman–Crippen MR) is 50.7 cm³/mol. The monoisotopic (exact) mass is 162 g/mol. The molecule has 0 heterocycles. The van der Waals surface area contributed by atoms with Crippen molar-refractivity contribution in [2.45, 2.75) is 25.3 Å². The Hall–Kier alpha value is -0.0400. The van der Waals surface area contributed by atoms with Crippen molar-refractivity contribution in [1.82, 2.24) is 4.90 Å². The van der Waals surface area contributed by atoms with Gasteiger partial charge in [0, 0.05) is 12.0 Å². The zero-order valence-electron chi connectivity index (χ0n) is 7.88. The van der Waals surface area contributed by atoms with Gasteiger partial charge < -0.3 is 4.90 Å². The van der Waals surface area contributed by atoms with Crippen molar-refractivity contribution in [1.29, 1.82) is 0 Å². The van der Waals surface area contributed by atoms with Gasteiger partial charge in [0.05, 0.1) is 0 Å². The van der Waals surface area contributed by atoms with Gasteiger partial charge in [-0.3, -0.25) is 0 Å². The van der Waals surface area contributed by atoms with Crippen LogP contribution in [0.3, 0.4) is 0 Å². The van der Waals surface area contributed by atoms with Gasteiger partial charge in [0.15, 0.2) is 0 Å². The Balaban J connectivity index is 2.03. The van der Waals surface area contributed by atoms with Crippen LogP contribution < -0.4 is 0 Å². The smallest absolute Gasteiger partial charge is 0.0160 e. The highest BCUT2D eigenvalue weighted by atomic mass is 15.1. The van der Waals surface area contributed by atoms with Crippen LogP contribution >= 0.6 is 0 Å². The molecule has 2 saturated carbocycles. The van der Waals surface area contributed by atoms with Crippen LogP contribution in [0.1, 0.15) is 19.3 Å². The van der Waals surface area contributed by atoms with Crippen molar-refractivity contribution in [2.24, 2.45) is 0 Å². The van der Waals surface area contributed by atoms with E-state index < -0.39 is 0 Å². The number of fused-ring (bicyclic) bond motifs is 1. The molecule has 2 rings (SSSR count). The molecule has 0 aromatic carbocycles. The highest BCUT2D eigenvalue weighted by Crippen LogP contribution is 2.44. The molecule has 0 aliphatic heterocycles. The van der Waals surface area contributed by atoms with Crippen LogP contribution in [0.5, 0.6) is 0 Å². The van der Waals surface area contributed by atoms with Crippen molar-refractivity contribution >= 4 is 0 Å². The first-order valence-electron chi connectivity index (χ1n) is 4.70. The Morgan fingerprint density at radius 1 is 1.33 bits per heavy atom. The molecule has 1 atom stereocenters. The number of rotatable bonds is 1. The predicted octanol–water partition coefficient (Wildman–Crippen LogP) is 1.88. The summed E-state index contributed by atoms with van der Waals surface area (Å²) in [6.07, 6.45) is 10.7. The zero-order valence-corrected chi connectivity index (χ0v) is 7.88. The van der Waals surface area contributed by atoms with E-state index in [4.69, 9.17) is 0 Å². The fraction of sp³-hybridized carbons (Fsp3) is 0.545. The fourth-order valence-corrected chi connectivity index (χ4v) is 2.20. The molecule has 2 aliphatic carbocycles. The van der Waals surface area contributed by atoms with Crippen LogP contribution in [0.2, 0.25) is 0 Å². The van der Waals surface area contributed by atoms with Gasteiger partial charge in [-0.15, -0.1) is 0 Å². The molecule has 0 spiro atoms. The van der Waals surface area contributed by atoms with Crippen molar-refractivity contribution in [3.63, 3.8) is 0 Å². The summed E-state index contributed by atoms with van der Waals surface area (Å²) in [5.41, 5.74) is 0. The van der Waals surface area contributed by atoms with E-state index in [9.17, 15) is 0 Å². The summed E-state index contributed by atoms with van der Waals surface area (Å²) in [4.78, 5) is 2.33. The number of hydrogen-bond donors (Lipinski definition) is 0. The first kappa shape index (κ1) is 8.55. The second kappa shape index (κ2) is 3.37. The number of nitrogens with zero attached hydrogens (tertiary/aromatic N) is 1. The minimum Gasteiger partial charge on any atom is -0.306 e. The Labute approximate surface area is 76.1 Å². The lowest BCUT2D eigenvalue weighted by atomic mass is 9.77. The molecular formula is C11H16N. The van der Waals surface area contributed by atoms with Gasteiger partial charge in [-0.25, -0.2) is 0 Å². The topological polar surface area (TPSA) is 3.24 Å². The second-order valence-corrected chi connectivity index (χ2v) is 3.88. The van der Waals surface area contributed by atoms with Gasteiger partial charge >= 0.3 is 0 Å². The molecule has 2 fully saturated rings. The summed E-state index contributed by atoms with van der Waals surface area (Å²) in [6, 6.07) is 0.670. The van der Waals surface area contributed by atoms with Gasteiger partial charge in [0.25, 0.3) is 0 Å². The first-order valence-corrected chi connectivity index (χ1v) is 4.70. The van der Waals surface area contributed by atoms with Gasteiger partial charge in [-0.1, -0.05) is 6.42 Å². The Kier molecular flexibility index (Phi) is 2.40. The van der Waals surface area contributed by atoms with E-state index in [1.165, 1.54) is 19.3 Å². The lowest BCUT2D eigenvalue weighted by Crippen LogP contribution is -2.38. The van der Waals surface area contributed by atoms with Gasteiger partial charge in [-0.05, 0) is 52.1 Å². The maximum atomic E-state index is 2.33. The molecule has 0 aromatic heterocycles. The third kappa shape index (κ3) is 1.39. The SMILES string of the molecule is CN(C)C1CCC[C]2[CH][CH][CH][C]21. The largest absolute Gasteiger partial charge is 0.306 e. The van der Waals surface area contributed by atoms with Crippen LogP contribution in [0.25, 0.3) is 0 Å². The minimum absolute atomic E-state index is 0.670. The van der Waals surface area contributed by atoms with E-state index in [0.717, 1.165) is 0 Å². The van der Waals surface area contributed by atoms with Crippen LogP contribution in [0.4, 0.5) is 0 Å². The maximum absolute atomic E-state index is 2.33. The lowest BCUT2D eigenvalue weighted by Gasteiger charge is -2.37. The fourth-order valence-electron chi connectivity index (χ4n) is 2.20. The molecule has 1 heteroatoms. The summed E-state index contributed by atoms with van der Waals surface area (Å²) in [5.74, 6) is 3.13. The third-order valence-corrected chi connectivity index (χ3v) is 2.85. The highest BCUT2D eigenvalue weighted by molar-refractivity contribution is 5.47. The van der Waals surface area contributed by atoms with E-state index in [0.29, 0.717) is 6.04 Å². The molecule has 0 bridgehead atoms. The quantitative estimate of drug-likeness (QED) is 0.569. The molecule has 1 unspecified atom stereocenters. The van der Waals surface area contributed by atoms with Crippen molar-refractivity contribution in [3.8, 4) is 0 Å². The van der Waals surface area contributed by atoms with Crippen LogP contribution in [0.15, 0.2) is 0 Å². The molecule has 5 radical (unpaired) electrons. The summed E-state index contributed by atoms with van der Waals surface area (Å²) >= 11 is 0. The van der Waals surface area contributed by atoms with E-state index in [1.807, 2.05) is 0 Å². The summed E-state index contributed by atoms with van der Waals surface area (Å²) in [7, 11) is 4.35. The van der Waals surface area contributed by atoms with Crippen LogP contribution in [0, 0.1) is 31.1 Å². The minimum atomic E-state index is 0.670. The van der Waals surface area contributed by atoms with Crippen molar-refractivity contribution in [3.05, 3.63) is 31.1 Å². The van der Waals surface area contributed by atoms with Gasteiger partial charge in [0.2, 0.25) is 0 Å². The van der Waals surface area contributed by atoms with E-state index >= 15 is 0 Å². The van der Waals surface area contributed by atoms with Crippen molar-refractivity contribution < 1.29 is 0 Å². The van der Waals surface area contributed by atoms with Crippen LogP contribution in [-0.4, -0.2) is 25.0 Å². The molecule has 0 saturated heterocycles. The third-order valence-electron chi connectivity index (χ3n) is 2.85. The Morgan fingerprint density at radius 3 is 2.92 bits per heavy atom. The molecular weight excluding hydrogens is 146 g/mol. The molecule has 0 amide bonds. The molecule has 12 heavy (non-hydrogen) atoms. The second-order valence-electron chi connectivity index (χ2n) is 3.88. The van der Waals surface area contributed by atoms with Crippen LogP contribution in [-0.2, 0) is 0 Å². The summed E-state index contributed by atoms with van der Waals surface area (Å²) < 4.78 is 0. The average Bonchev–Trinajstić information content (AvgIpc) is 2.49. The standard InChI is InChI=1S/C11H16N/c1-12(2)11-8-4-6-9-5-3-7-10(9)11/h3,5,7,11H,4,6,8H2,1-2H3. The molecule has 0 aromatic rings. The summed E-state index contributed by atoms with van der Waals surface area (Å²) in [6.45, 7) is 0. The molecule has 2 aliphatic rings.